The highest BCUT2D eigenvalue weighted by molar-refractivity contribution is 5.72. The highest BCUT2D eigenvalue weighted by atomic mass is 16.5. The Morgan fingerprint density at radius 3 is 2.73 bits per heavy atom. The van der Waals surface area contributed by atoms with Crippen LogP contribution in [0.3, 0.4) is 0 Å². The summed E-state index contributed by atoms with van der Waals surface area (Å²) in [4.78, 5) is 2.31. The van der Waals surface area contributed by atoms with Gasteiger partial charge in [0.25, 0.3) is 0 Å². The molecule has 0 unspecified atom stereocenters. The minimum atomic E-state index is 0.176. The van der Waals surface area contributed by atoms with Crippen LogP contribution in [0.2, 0.25) is 0 Å². The van der Waals surface area contributed by atoms with Gasteiger partial charge in [-0.25, -0.2) is 0 Å². The lowest BCUT2D eigenvalue weighted by molar-refractivity contribution is 0.111. The predicted molar refractivity (Wildman–Crippen MR) is 84.1 cm³/mol. The molecular weight excluding hydrogens is 282 g/mol. The third kappa shape index (κ3) is 3.01. The Morgan fingerprint density at radius 2 is 2.09 bits per heavy atom. The van der Waals surface area contributed by atoms with Gasteiger partial charge in [-0.1, -0.05) is 11.2 Å². The van der Waals surface area contributed by atoms with Crippen molar-refractivity contribution in [1.29, 1.82) is 0 Å². The van der Waals surface area contributed by atoms with Crippen molar-refractivity contribution in [2.24, 2.45) is 0 Å². The Balaban J connectivity index is 1.90. The monoisotopic (exact) mass is 303 g/mol. The number of aromatic nitrogens is 1. The van der Waals surface area contributed by atoms with Gasteiger partial charge in [-0.15, -0.1) is 0 Å². The first-order valence-corrected chi connectivity index (χ1v) is 7.42. The van der Waals surface area contributed by atoms with E-state index in [0.717, 1.165) is 31.5 Å². The number of hydrogen-bond acceptors (Lipinski definition) is 6. The van der Waals surface area contributed by atoms with E-state index in [1.807, 2.05) is 18.2 Å². The number of piperidine rings is 1. The number of benzene rings is 1. The maximum absolute atomic E-state index is 6.25. The first-order valence-electron chi connectivity index (χ1n) is 7.42. The molecule has 0 saturated carbocycles. The van der Waals surface area contributed by atoms with Gasteiger partial charge in [0.1, 0.15) is 11.8 Å². The molecule has 118 valence electrons. The number of nitrogen functional groups attached to an aromatic ring is 1. The number of likely N-dealkylation sites (tertiary alicyclic amines) is 1. The highest BCUT2D eigenvalue weighted by Crippen LogP contribution is 2.39. The second-order valence-electron chi connectivity index (χ2n) is 5.57. The standard InChI is InChI=1S/C16H21N3O3/c1-19-8-6-11(7-9-19)21-16-12(4-3-5-14(16)20-2)13-10-15(17)22-18-13/h3-5,10-11H,6-9,17H2,1-2H3. The van der Waals surface area contributed by atoms with Crippen LogP contribution >= 0.6 is 0 Å². The van der Waals surface area contributed by atoms with Gasteiger partial charge in [0.2, 0.25) is 5.88 Å². The lowest BCUT2D eigenvalue weighted by Crippen LogP contribution is -2.35. The molecule has 1 aromatic heterocycles. The smallest absolute Gasteiger partial charge is 0.222 e. The molecule has 2 aromatic rings. The Morgan fingerprint density at radius 1 is 1.32 bits per heavy atom. The normalized spacial score (nSPS) is 16.6. The molecule has 6 nitrogen and oxygen atoms in total. The maximum Gasteiger partial charge on any atom is 0.222 e. The minimum Gasteiger partial charge on any atom is -0.493 e. The first-order chi connectivity index (χ1) is 10.7. The molecular formula is C16H21N3O3. The number of hydrogen-bond donors (Lipinski definition) is 1. The van der Waals surface area contributed by atoms with Crippen LogP contribution in [0, 0.1) is 0 Å². The molecule has 0 aliphatic carbocycles. The summed E-state index contributed by atoms with van der Waals surface area (Å²) in [7, 11) is 3.76. The first kappa shape index (κ1) is 14.7. The zero-order valence-electron chi connectivity index (χ0n) is 12.9. The molecule has 1 aromatic carbocycles. The van der Waals surface area contributed by atoms with E-state index in [4.69, 9.17) is 19.7 Å². The number of ether oxygens (including phenoxy) is 2. The van der Waals surface area contributed by atoms with Gasteiger partial charge in [-0.2, -0.15) is 0 Å². The summed E-state index contributed by atoms with van der Waals surface area (Å²) >= 11 is 0. The average molecular weight is 303 g/mol. The molecule has 1 aliphatic heterocycles. The van der Waals surface area contributed by atoms with Crippen LogP contribution in [-0.2, 0) is 0 Å². The van der Waals surface area contributed by atoms with Crippen LogP contribution in [0.4, 0.5) is 5.88 Å². The van der Waals surface area contributed by atoms with Gasteiger partial charge < -0.3 is 24.6 Å². The van der Waals surface area contributed by atoms with Crippen molar-refractivity contribution in [3.63, 3.8) is 0 Å². The maximum atomic E-state index is 6.25. The van der Waals surface area contributed by atoms with Gasteiger partial charge in [0, 0.05) is 24.7 Å². The SMILES string of the molecule is COc1cccc(-c2cc(N)on2)c1OC1CCN(C)CC1. The van der Waals surface area contributed by atoms with Crippen molar-refractivity contribution in [3.05, 3.63) is 24.3 Å². The van der Waals surface area contributed by atoms with Gasteiger partial charge in [-0.3, -0.25) is 0 Å². The third-order valence-corrected chi connectivity index (χ3v) is 3.95. The average Bonchev–Trinajstić information content (AvgIpc) is 2.96. The zero-order chi connectivity index (χ0) is 15.5. The third-order valence-electron chi connectivity index (χ3n) is 3.95. The minimum absolute atomic E-state index is 0.176. The van der Waals surface area contributed by atoms with Crippen LogP contribution in [0.1, 0.15) is 12.8 Å². The van der Waals surface area contributed by atoms with E-state index in [-0.39, 0.29) is 12.0 Å². The van der Waals surface area contributed by atoms with Crippen molar-refractivity contribution in [2.45, 2.75) is 18.9 Å². The molecule has 1 saturated heterocycles. The largest absolute Gasteiger partial charge is 0.493 e. The van der Waals surface area contributed by atoms with Crippen molar-refractivity contribution in [2.75, 3.05) is 33.0 Å². The fourth-order valence-electron chi connectivity index (χ4n) is 2.69. The van der Waals surface area contributed by atoms with Crippen molar-refractivity contribution < 1.29 is 14.0 Å². The number of rotatable bonds is 4. The Hall–Kier alpha value is -2.21. The fourth-order valence-corrected chi connectivity index (χ4v) is 2.69. The van der Waals surface area contributed by atoms with Crippen LogP contribution < -0.4 is 15.2 Å². The molecule has 2 N–H and O–H groups in total. The molecule has 0 spiro atoms. The number of methoxy groups -OCH3 is 1. The van der Waals surface area contributed by atoms with E-state index in [9.17, 15) is 0 Å². The zero-order valence-corrected chi connectivity index (χ0v) is 12.9. The summed E-state index contributed by atoms with van der Waals surface area (Å²) in [6.07, 6.45) is 2.17. The topological polar surface area (TPSA) is 73.8 Å². The predicted octanol–water partition coefficient (Wildman–Crippen LogP) is 2.41. The molecule has 6 heteroatoms. The van der Waals surface area contributed by atoms with Gasteiger partial charge in [0.15, 0.2) is 11.5 Å². The van der Waals surface area contributed by atoms with E-state index in [1.165, 1.54) is 0 Å². The highest BCUT2D eigenvalue weighted by Gasteiger charge is 2.22. The van der Waals surface area contributed by atoms with Gasteiger partial charge >= 0.3 is 0 Å². The Kier molecular flexibility index (Phi) is 4.20. The lowest BCUT2D eigenvalue weighted by Gasteiger charge is -2.30. The summed E-state index contributed by atoms with van der Waals surface area (Å²) in [6.45, 7) is 2.07. The number of nitrogens with two attached hydrogens (primary N) is 1. The number of para-hydroxylation sites is 1. The van der Waals surface area contributed by atoms with Crippen LogP contribution in [-0.4, -0.2) is 43.4 Å². The van der Waals surface area contributed by atoms with E-state index < -0.39 is 0 Å². The molecule has 0 bridgehead atoms. The molecule has 0 atom stereocenters. The van der Waals surface area contributed by atoms with Crippen molar-refractivity contribution in [1.82, 2.24) is 10.1 Å². The number of nitrogens with zero attached hydrogens (tertiary/aromatic N) is 2. The van der Waals surface area contributed by atoms with E-state index >= 15 is 0 Å². The van der Waals surface area contributed by atoms with E-state index in [1.54, 1.807) is 13.2 Å². The van der Waals surface area contributed by atoms with E-state index in [0.29, 0.717) is 17.2 Å². The summed E-state index contributed by atoms with van der Waals surface area (Å²) in [6, 6.07) is 7.41. The summed E-state index contributed by atoms with van der Waals surface area (Å²) in [5, 5.41) is 3.98. The number of anilines is 1. The molecule has 22 heavy (non-hydrogen) atoms. The van der Waals surface area contributed by atoms with E-state index in [2.05, 4.69) is 17.1 Å². The summed E-state index contributed by atoms with van der Waals surface area (Å²) in [5.74, 6) is 1.67. The molecule has 2 heterocycles. The molecule has 1 fully saturated rings. The second kappa shape index (κ2) is 6.27. The van der Waals surface area contributed by atoms with Crippen LogP contribution in [0.25, 0.3) is 11.3 Å². The van der Waals surface area contributed by atoms with Crippen LogP contribution in [0.15, 0.2) is 28.8 Å². The molecule has 3 rings (SSSR count). The molecule has 1 aliphatic rings. The fraction of sp³-hybridized carbons (Fsp3) is 0.438. The Labute approximate surface area is 129 Å². The second-order valence-corrected chi connectivity index (χ2v) is 5.57. The lowest BCUT2D eigenvalue weighted by atomic mass is 10.1. The summed E-state index contributed by atoms with van der Waals surface area (Å²) < 4.78 is 16.7. The quantitative estimate of drug-likeness (QED) is 0.935. The molecule has 0 radical (unpaired) electrons. The van der Waals surface area contributed by atoms with Gasteiger partial charge in [-0.05, 0) is 32.0 Å². The van der Waals surface area contributed by atoms with Crippen molar-refractivity contribution >= 4 is 5.88 Å². The van der Waals surface area contributed by atoms with Gasteiger partial charge in [0.05, 0.1) is 7.11 Å². The Bertz CT molecular complexity index is 633. The summed E-state index contributed by atoms with van der Waals surface area (Å²) in [5.41, 5.74) is 7.11. The van der Waals surface area contributed by atoms with Crippen LogP contribution in [0.5, 0.6) is 11.5 Å². The molecule has 0 amide bonds. The van der Waals surface area contributed by atoms with Crippen molar-refractivity contribution in [3.8, 4) is 22.8 Å².